The van der Waals surface area contributed by atoms with E-state index >= 15 is 0 Å². The molecular formula is C21H18BrN3O6S. The number of amides is 2. The van der Waals surface area contributed by atoms with Crippen molar-refractivity contribution in [3.8, 4) is 11.5 Å². The second kappa shape index (κ2) is 9.45. The minimum absolute atomic E-state index is 0.00578. The molecule has 0 unspecified atom stereocenters. The highest BCUT2D eigenvalue weighted by Gasteiger charge is 2.35. The third-order valence-corrected chi connectivity index (χ3v) is 5.87. The summed E-state index contributed by atoms with van der Waals surface area (Å²) in [5.41, 5.74) is 1.24. The second-order valence-electron chi connectivity index (χ2n) is 6.82. The molecule has 3 rings (SSSR count). The molecule has 1 aliphatic rings. The zero-order valence-electron chi connectivity index (χ0n) is 17.3. The smallest absolute Gasteiger partial charge is 0.269 e. The molecule has 0 bridgehead atoms. The van der Waals surface area contributed by atoms with Gasteiger partial charge in [0.25, 0.3) is 17.5 Å². The molecular weight excluding hydrogens is 502 g/mol. The standard InChI is InChI=1S/C21H18BrN3O6S/c1-23-19(26)15(20(27)24(2)21(23)32)8-13-9-16(22)18(17(10-13)30-3)31-11-12-4-6-14(7-5-12)25(28)29/h4-10H,11H2,1-3H3. The van der Waals surface area contributed by atoms with Gasteiger partial charge in [-0.25, -0.2) is 0 Å². The van der Waals surface area contributed by atoms with Gasteiger partial charge in [-0.15, -0.1) is 0 Å². The predicted molar refractivity (Wildman–Crippen MR) is 124 cm³/mol. The first-order chi connectivity index (χ1) is 15.1. The van der Waals surface area contributed by atoms with Crippen LogP contribution in [0.5, 0.6) is 11.5 Å². The normalized spacial score (nSPS) is 14.0. The van der Waals surface area contributed by atoms with E-state index in [4.69, 9.17) is 21.7 Å². The lowest BCUT2D eigenvalue weighted by Gasteiger charge is -2.31. The van der Waals surface area contributed by atoms with Gasteiger partial charge in [-0.05, 0) is 69.6 Å². The van der Waals surface area contributed by atoms with Crippen molar-refractivity contribution in [3.05, 3.63) is 67.7 Å². The molecule has 0 N–H and O–H groups in total. The van der Waals surface area contributed by atoms with Crippen molar-refractivity contribution in [2.45, 2.75) is 6.61 Å². The summed E-state index contributed by atoms with van der Waals surface area (Å²) in [7, 11) is 4.48. The van der Waals surface area contributed by atoms with Crippen LogP contribution in [0.15, 0.2) is 46.4 Å². The Hall–Kier alpha value is -3.31. The second-order valence-corrected chi connectivity index (χ2v) is 8.03. The number of halogens is 1. The Morgan fingerprint density at radius 1 is 1.12 bits per heavy atom. The number of non-ortho nitro benzene ring substituents is 1. The molecule has 32 heavy (non-hydrogen) atoms. The molecule has 0 saturated carbocycles. The van der Waals surface area contributed by atoms with Gasteiger partial charge in [0, 0.05) is 26.2 Å². The van der Waals surface area contributed by atoms with Gasteiger partial charge in [-0.2, -0.15) is 0 Å². The van der Waals surface area contributed by atoms with E-state index in [-0.39, 0.29) is 23.0 Å². The number of likely N-dealkylation sites (N-methyl/N-ethyl adjacent to an activating group) is 2. The minimum atomic E-state index is -0.494. The molecule has 166 valence electrons. The van der Waals surface area contributed by atoms with Crippen LogP contribution in [0.4, 0.5) is 5.69 Å². The largest absolute Gasteiger partial charge is 0.493 e. The van der Waals surface area contributed by atoms with Crippen LogP contribution in [0, 0.1) is 10.1 Å². The number of hydrogen-bond acceptors (Lipinski definition) is 7. The van der Waals surface area contributed by atoms with Crippen LogP contribution in [0.1, 0.15) is 11.1 Å². The summed E-state index contributed by atoms with van der Waals surface area (Å²) in [6.07, 6.45) is 1.47. The zero-order chi connectivity index (χ0) is 23.6. The fourth-order valence-electron chi connectivity index (χ4n) is 2.97. The van der Waals surface area contributed by atoms with Crippen LogP contribution in [-0.4, -0.2) is 52.9 Å². The Morgan fingerprint density at radius 2 is 1.72 bits per heavy atom. The highest BCUT2D eigenvalue weighted by atomic mass is 79.9. The van der Waals surface area contributed by atoms with Crippen LogP contribution < -0.4 is 9.47 Å². The van der Waals surface area contributed by atoms with E-state index in [2.05, 4.69) is 15.9 Å². The van der Waals surface area contributed by atoms with Gasteiger partial charge in [0.05, 0.1) is 16.5 Å². The monoisotopic (exact) mass is 519 g/mol. The van der Waals surface area contributed by atoms with E-state index < -0.39 is 16.7 Å². The van der Waals surface area contributed by atoms with Gasteiger partial charge in [0.15, 0.2) is 16.6 Å². The lowest BCUT2D eigenvalue weighted by molar-refractivity contribution is -0.384. The van der Waals surface area contributed by atoms with E-state index in [1.54, 1.807) is 24.3 Å². The van der Waals surface area contributed by atoms with Crippen LogP contribution in [0.2, 0.25) is 0 Å². The number of rotatable bonds is 6. The van der Waals surface area contributed by atoms with Gasteiger partial charge in [-0.1, -0.05) is 0 Å². The molecule has 0 aliphatic carbocycles. The quantitative estimate of drug-likeness (QED) is 0.189. The van der Waals surface area contributed by atoms with E-state index in [1.807, 2.05) is 0 Å². The molecule has 1 aliphatic heterocycles. The molecule has 11 heteroatoms. The van der Waals surface area contributed by atoms with Crippen molar-refractivity contribution in [2.75, 3.05) is 21.2 Å². The van der Waals surface area contributed by atoms with Crippen LogP contribution in [0.3, 0.4) is 0 Å². The van der Waals surface area contributed by atoms with Gasteiger partial charge < -0.3 is 9.47 Å². The Bertz CT molecular complexity index is 1120. The van der Waals surface area contributed by atoms with E-state index in [0.717, 1.165) is 5.56 Å². The van der Waals surface area contributed by atoms with Crippen molar-refractivity contribution in [1.82, 2.24) is 9.80 Å². The summed E-state index contributed by atoms with van der Waals surface area (Å²) in [6.45, 7) is 0.150. The Kier molecular flexibility index (Phi) is 6.90. The number of nitrogens with zero attached hydrogens (tertiary/aromatic N) is 3. The van der Waals surface area contributed by atoms with Crippen LogP contribution in [0.25, 0.3) is 6.08 Å². The highest BCUT2D eigenvalue weighted by Crippen LogP contribution is 2.38. The van der Waals surface area contributed by atoms with E-state index in [9.17, 15) is 19.7 Å². The first kappa shape index (κ1) is 23.4. The zero-order valence-corrected chi connectivity index (χ0v) is 19.7. The van der Waals surface area contributed by atoms with Gasteiger partial charge >= 0.3 is 0 Å². The number of nitro groups is 1. The average Bonchev–Trinajstić information content (AvgIpc) is 2.78. The molecule has 2 aromatic carbocycles. The third-order valence-electron chi connectivity index (χ3n) is 4.74. The third kappa shape index (κ3) is 4.63. The summed E-state index contributed by atoms with van der Waals surface area (Å²) in [5.74, 6) is -0.204. The molecule has 0 atom stereocenters. The summed E-state index contributed by atoms with van der Waals surface area (Å²) in [5, 5.41) is 10.9. The number of nitro benzene ring substituents is 1. The maximum absolute atomic E-state index is 12.5. The Morgan fingerprint density at radius 3 is 2.25 bits per heavy atom. The van der Waals surface area contributed by atoms with E-state index in [1.165, 1.54) is 49.2 Å². The molecule has 1 fully saturated rings. The van der Waals surface area contributed by atoms with Gasteiger partial charge in [-0.3, -0.25) is 29.5 Å². The van der Waals surface area contributed by atoms with E-state index in [0.29, 0.717) is 21.5 Å². The molecule has 0 aromatic heterocycles. The molecule has 0 spiro atoms. The molecule has 0 radical (unpaired) electrons. The average molecular weight is 520 g/mol. The highest BCUT2D eigenvalue weighted by molar-refractivity contribution is 9.10. The lowest BCUT2D eigenvalue weighted by atomic mass is 10.1. The summed E-state index contributed by atoms with van der Waals surface area (Å²) in [6, 6.07) is 9.34. The van der Waals surface area contributed by atoms with Crippen molar-refractivity contribution in [1.29, 1.82) is 0 Å². The topological polar surface area (TPSA) is 102 Å². The Balaban J connectivity index is 1.87. The molecule has 1 saturated heterocycles. The number of benzene rings is 2. The van der Waals surface area contributed by atoms with Crippen LogP contribution >= 0.6 is 28.1 Å². The number of carbonyl (C=O) groups is 2. The summed E-state index contributed by atoms with van der Waals surface area (Å²) >= 11 is 8.53. The first-order valence-electron chi connectivity index (χ1n) is 9.19. The maximum atomic E-state index is 12.5. The first-order valence-corrected chi connectivity index (χ1v) is 10.4. The summed E-state index contributed by atoms with van der Waals surface area (Å²) < 4.78 is 11.8. The predicted octanol–water partition coefficient (Wildman–Crippen LogP) is 3.54. The SMILES string of the molecule is COc1cc(C=C2C(=O)N(C)C(=S)N(C)C2=O)cc(Br)c1OCc1ccc([N+](=O)[O-])cc1. The molecule has 1 heterocycles. The fourth-order valence-corrected chi connectivity index (χ4v) is 3.71. The van der Waals surface area contributed by atoms with Gasteiger partial charge in [0.1, 0.15) is 12.2 Å². The Labute approximate surface area is 197 Å². The maximum Gasteiger partial charge on any atom is 0.269 e. The molecule has 2 aromatic rings. The number of carbonyl (C=O) groups excluding carboxylic acids is 2. The van der Waals surface area contributed by atoms with Crippen molar-refractivity contribution < 1.29 is 24.0 Å². The number of hydrogen-bond donors (Lipinski definition) is 0. The number of methoxy groups -OCH3 is 1. The molecule has 9 nitrogen and oxygen atoms in total. The van der Waals surface area contributed by atoms with Gasteiger partial charge in [0.2, 0.25) is 0 Å². The summed E-state index contributed by atoms with van der Waals surface area (Å²) in [4.78, 5) is 37.9. The van der Waals surface area contributed by atoms with Crippen molar-refractivity contribution in [3.63, 3.8) is 0 Å². The van der Waals surface area contributed by atoms with Crippen LogP contribution in [-0.2, 0) is 16.2 Å². The van der Waals surface area contributed by atoms with Crippen molar-refractivity contribution in [2.24, 2.45) is 0 Å². The fraction of sp³-hybridized carbons (Fsp3) is 0.190. The number of thiocarbonyl (C=S) groups is 1. The minimum Gasteiger partial charge on any atom is -0.493 e. The number of ether oxygens (including phenoxy) is 2. The lowest BCUT2D eigenvalue weighted by Crippen LogP contribution is -2.52. The molecule has 2 amide bonds. The van der Waals surface area contributed by atoms with Crippen molar-refractivity contribution >= 4 is 56.8 Å².